The quantitative estimate of drug-likeness (QED) is 0.230. The summed E-state index contributed by atoms with van der Waals surface area (Å²) in [4.78, 5) is 0. The molecule has 0 aromatic rings. The second kappa shape index (κ2) is 17.5. The number of hydrogen-bond acceptors (Lipinski definition) is 0. The third-order valence-corrected chi connectivity index (χ3v) is 3.58. The van der Waals surface area contributed by atoms with Crippen molar-refractivity contribution in [1.29, 1.82) is 0 Å². The fourth-order valence-corrected chi connectivity index (χ4v) is 2.26. The molecule has 0 amide bonds. The summed E-state index contributed by atoms with van der Waals surface area (Å²) in [5.41, 5.74) is 0. The van der Waals surface area contributed by atoms with Gasteiger partial charge in [0.1, 0.15) is 0 Å². The Labute approximate surface area is 122 Å². The molecule has 0 unspecified atom stereocenters. The van der Waals surface area contributed by atoms with Crippen molar-refractivity contribution < 1.29 is 0 Å². The number of allylic oxidation sites excluding steroid dienone is 4. The first kappa shape index (κ1) is 18.5. The van der Waals surface area contributed by atoms with Gasteiger partial charge in [0, 0.05) is 0 Å². The van der Waals surface area contributed by atoms with E-state index in [1.165, 1.54) is 83.5 Å². The molecule has 0 aromatic carbocycles. The van der Waals surface area contributed by atoms with Crippen molar-refractivity contribution in [2.45, 2.75) is 97.3 Å². The van der Waals surface area contributed by atoms with Crippen molar-refractivity contribution in [2.75, 3.05) is 0 Å². The van der Waals surface area contributed by atoms with Gasteiger partial charge in [0.15, 0.2) is 0 Å². The normalized spacial score (nSPS) is 11.9. The van der Waals surface area contributed by atoms with E-state index in [9.17, 15) is 0 Å². The highest BCUT2D eigenvalue weighted by Gasteiger charge is 1.89. The molecule has 0 nitrogen and oxygen atoms in total. The average molecular weight is 264 g/mol. The molecule has 0 aliphatic carbocycles. The van der Waals surface area contributed by atoms with Gasteiger partial charge in [-0.25, -0.2) is 0 Å². The van der Waals surface area contributed by atoms with Gasteiger partial charge >= 0.3 is 0 Å². The second-order valence-corrected chi connectivity index (χ2v) is 5.62. The van der Waals surface area contributed by atoms with Gasteiger partial charge in [-0.3, -0.25) is 0 Å². The van der Waals surface area contributed by atoms with Gasteiger partial charge in [0.05, 0.1) is 0 Å². The van der Waals surface area contributed by atoms with Gasteiger partial charge in [-0.1, -0.05) is 95.9 Å². The highest BCUT2D eigenvalue weighted by molar-refractivity contribution is 5.02. The van der Waals surface area contributed by atoms with Crippen LogP contribution in [0.4, 0.5) is 0 Å². The van der Waals surface area contributed by atoms with E-state index < -0.39 is 0 Å². The van der Waals surface area contributed by atoms with E-state index in [0.717, 1.165) is 0 Å². The molecule has 0 atom stereocenters. The van der Waals surface area contributed by atoms with Crippen LogP contribution in [0, 0.1) is 0 Å². The molecule has 0 aliphatic rings. The van der Waals surface area contributed by atoms with Gasteiger partial charge in [-0.2, -0.15) is 0 Å². The Morgan fingerprint density at radius 3 is 1.32 bits per heavy atom. The average Bonchev–Trinajstić information content (AvgIpc) is 2.43. The highest BCUT2D eigenvalue weighted by Crippen LogP contribution is 2.08. The van der Waals surface area contributed by atoms with Crippen LogP contribution in [0.3, 0.4) is 0 Å². The van der Waals surface area contributed by atoms with Gasteiger partial charge in [-0.15, -0.1) is 0 Å². The van der Waals surface area contributed by atoms with Crippen molar-refractivity contribution >= 4 is 0 Å². The predicted molar refractivity (Wildman–Crippen MR) is 89.6 cm³/mol. The van der Waals surface area contributed by atoms with E-state index in [0.29, 0.717) is 0 Å². The van der Waals surface area contributed by atoms with Gasteiger partial charge in [0.25, 0.3) is 0 Å². The van der Waals surface area contributed by atoms with Crippen LogP contribution in [0.15, 0.2) is 24.3 Å². The van der Waals surface area contributed by atoms with Crippen molar-refractivity contribution in [2.24, 2.45) is 0 Å². The molecule has 0 saturated carbocycles. The van der Waals surface area contributed by atoms with E-state index in [1.807, 2.05) is 0 Å². The number of rotatable bonds is 14. The molecule has 0 N–H and O–H groups in total. The van der Waals surface area contributed by atoms with Crippen molar-refractivity contribution in [3.8, 4) is 0 Å². The molecule has 112 valence electrons. The Balaban J connectivity index is 3.14. The second-order valence-electron chi connectivity index (χ2n) is 5.62. The molecule has 0 rings (SSSR count). The van der Waals surface area contributed by atoms with E-state index in [1.54, 1.807) is 0 Å². The first-order chi connectivity index (χ1) is 9.41. The maximum absolute atomic E-state index is 2.33. The summed E-state index contributed by atoms with van der Waals surface area (Å²) in [6, 6.07) is 0. The summed E-state index contributed by atoms with van der Waals surface area (Å²) >= 11 is 0. The first-order valence-electron chi connectivity index (χ1n) is 8.73. The minimum absolute atomic E-state index is 1.25. The van der Waals surface area contributed by atoms with Crippen LogP contribution < -0.4 is 0 Å². The molecule has 0 aromatic heterocycles. The lowest BCUT2D eigenvalue weighted by Crippen LogP contribution is -1.78. The fourth-order valence-electron chi connectivity index (χ4n) is 2.26. The molecule has 0 saturated heterocycles. The largest absolute Gasteiger partial charge is 0.0845 e. The summed E-state index contributed by atoms with van der Waals surface area (Å²) in [5.74, 6) is 0. The minimum atomic E-state index is 1.25. The third-order valence-electron chi connectivity index (χ3n) is 3.58. The number of hydrogen-bond donors (Lipinski definition) is 0. The van der Waals surface area contributed by atoms with E-state index in [4.69, 9.17) is 0 Å². The van der Waals surface area contributed by atoms with Crippen molar-refractivity contribution in [3.05, 3.63) is 24.3 Å². The molecule has 0 spiro atoms. The van der Waals surface area contributed by atoms with Gasteiger partial charge in [-0.05, 0) is 25.7 Å². The SMILES string of the molecule is CCCCCCC=CC=CCCCCCCCCC. The molecule has 0 bridgehead atoms. The van der Waals surface area contributed by atoms with Crippen LogP contribution in [0.1, 0.15) is 97.3 Å². The summed E-state index contributed by atoms with van der Waals surface area (Å²) in [6.45, 7) is 4.55. The van der Waals surface area contributed by atoms with Crippen LogP contribution in [-0.2, 0) is 0 Å². The Kier molecular flexibility index (Phi) is 17.0. The zero-order valence-electron chi connectivity index (χ0n) is 13.5. The lowest BCUT2D eigenvalue weighted by molar-refractivity contribution is 0.592. The molecule has 0 aliphatic heterocycles. The molecule has 0 fully saturated rings. The van der Waals surface area contributed by atoms with Crippen molar-refractivity contribution in [1.82, 2.24) is 0 Å². The first-order valence-corrected chi connectivity index (χ1v) is 8.73. The minimum Gasteiger partial charge on any atom is -0.0845 e. The lowest BCUT2D eigenvalue weighted by atomic mass is 10.1. The van der Waals surface area contributed by atoms with E-state index in [-0.39, 0.29) is 0 Å². The Hall–Kier alpha value is -0.520. The monoisotopic (exact) mass is 264 g/mol. The smallest absolute Gasteiger partial charge is 0.0348 e. The third kappa shape index (κ3) is 17.5. The molecular weight excluding hydrogens is 228 g/mol. The van der Waals surface area contributed by atoms with Gasteiger partial charge < -0.3 is 0 Å². The Morgan fingerprint density at radius 1 is 0.474 bits per heavy atom. The fraction of sp³-hybridized carbons (Fsp3) is 0.789. The molecular formula is C19H36. The summed E-state index contributed by atoms with van der Waals surface area (Å²) in [6.07, 6.45) is 27.0. The standard InChI is InChI=1S/C19H36/c1-3-5-7-9-11-13-15-17-19-18-16-14-12-10-8-6-4-2/h13,15,17,19H,3-12,14,16,18H2,1-2H3. The highest BCUT2D eigenvalue weighted by atomic mass is 13.9. The summed E-state index contributed by atoms with van der Waals surface area (Å²) < 4.78 is 0. The Morgan fingerprint density at radius 2 is 0.842 bits per heavy atom. The topological polar surface area (TPSA) is 0 Å². The molecule has 0 heterocycles. The van der Waals surface area contributed by atoms with Crippen LogP contribution in [0.5, 0.6) is 0 Å². The van der Waals surface area contributed by atoms with Gasteiger partial charge in [0.2, 0.25) is 0 Å². The molecule has 0 heteroatoms. The lowest BCUT2D eigenvalue weighted by Gasteiger charge is -1.98. The summed E-state index contributed by atoms with van der Waals surface area (Å²) in [5, 5.41) is 0. The number of unbranched alkanes of at least 4 members (excludes halogenated alkanes) is 11. The van der Waals surface area contributed by atoms with Crippen LogP contribution >= 0.6 is 0 Å². The van der Waals surface area contributed by atoms with Crippen LogP contribution in [0.2, 0.25) is 0 Å². The maximum Gasteiger partial charge on any atom is -0.0348 e. The molecule has 19 heavy (non-hydrogen) atoms. The van der Waals surface area contributed by atoms with Crippen LogP contribution in [-0.4, -0.2) is 0 Å². The van der Waals surface area contributed by atoms with Crippen LogP contribution in [0.25, 0.3) is 0 Å². The maximum atomic E-state index is 2.33. The zero-order chi connectivity index (χ0) is 14.0. The zero-order valence-corrected chi connectivity index (χ0v) is 13.5. The van der Waals surface area contributed by atoms with E-state index >= 15 is 0 Å². The van der Waals surface area contributed by atoms with E-state index in [2.05, 4.69) is 38.2 Å². The summed E-state index contributed by atoms with van der Waals surface area (Å²) in [7, 11) is 0. The Bertz CT molecular complexity index is 200. The van der Waals surface area contributed by atoms with Crippen molar-refractivity contribution in [3.63, 3.8) is 0 Å². The predicted octanol–water partition coefficient (Wildman–Crippen LogP) is 7.21. The molecule has 0 radical (unpaired) electrons.